The molecule has 0 saturated carbocycles. The summed E-state index contributed by atoms with van der Waals surface area (Å²) in [6.07, 6.45) is 0. The van der Waals surface area contributed by atoms with Crippen LogP contribution in [0.15, 0.2) is 24.3 Å². The third kappa shape index (κ3) is 4.24. The van der Waals surface area contributed by atoms with Crippen LogP contribution in [0.2, 0.25) is 0 Å². The van der Waals surface area contributed by atoms with Crippen molar-refractivity contribution < 1.29 is 9.59 Å². The number of hydrogen-bond acceptors (Lipinski definition) is 5. The lowest BCUT2D eigenvalue weighted by Gasteiger charge is -2.34. The minimum atomic E-state index is -0.131. The third-order valence-electron chi connectivity index (χ3n) is 4.80. The molecule has 1 aromatic carbocycles. The molecule has 1 N–H and O–H groups in total. The van der Waals surface area contributed by atoms with E-state index in [1.165, 1.54) is 0 Å². The van der Waals surface area contributed by atoms with Crippen molar-refractivity contribution in [3.8, 4) is 0 Å². The van der Waals surface area contributed by atoms with Crippen LogP contribution in [0.1, 0.15) is 34.4 Å². The molecule has 1 fully saturated rings. The third-order valence-corrected chi connectivity index (χ3v) is 4.80. The fourth-order valence-corrected chi connectivity index (χ4v) is 3.27. The molecular formula is C20H25N5O2. The normalized spacial score (nSPS) is 14.2. The van der Waals surface area contributed by atoms with Crippen LogP contribution in [0, 0.1) is 20.8 Å². The van der Waals surface area contributed by atoms with Gasteiger partial charge >= 0.3 is 0 Å². The van der Waals surface area contributed by atoms with Gasteiger partial charge in [0.1, 0.15) is 17.3 Å². The van der Waals surface area contributed by atoms with Crippen molar-refractivity contribution in [2.75, 3.05) is 31.5 Å². The highest BCUT2D eigenvalue weighted by molar-refractivity contribution is 5.93. The number of carbonyl (C=O) groups is 2. The van der Waals surface area contributed by atoms with Crippen molar-refractivity contribution in [1.29, 1.82) is 0 Å². The van der Waals surface area contributed by atoms with E-state index in [0.29, 0.717) is 43.5 Å². The van der Waals surface area contributed by atoms with Gasteiger partial charge in [0.15, 0.2) is 0 Å². The highest BCUT2D eigenvalue weighted by Gasteiger charge is 2.24. The molecule has 142 valence electrons. The Morgan fingerprint density at radius 2 is 1.56 bits per heavy atom. The molecule has 0 aliphatic carbocycles. The smallest absolute Gasteiger partial charge is 0.272 e. The van der Waals surface area contributed by atoms with E-state index in [2.05, 4.69) is 15.3 Å². The van der Waals surface area contributed by atoms with Gasteiger partial charge in [-0.1, -0.05) is 18.2 Å². The minimum Gasteiger partial charge on any atom is -0.340 e. The monoisotopic (exact) mass is 367 g/mol. The molecule has 1 aliphatic rings. The summed E-state index contributed by atoms with van der Waals surface area (Å²) in [5.41, 5.74) is 3.58. The quantitative estimate of drug-likeness (QED) is 0.902. The fourth-order valence-electron chi connectivity index (χ4n) is 3.27. The summed E-state index contributed by atoms with van der Waals surface area (Å²) < 4.78 is 0. The second-order valence-corrected chi connectivity index (χ2v) is 6.88. The number of piperazine rings is 1. The Balaban J connectivity index is 1.79. The van der Waals surface area contributed by atoms with Crippen LogP contribution in [-0.2, 0) is 4.79 Å². The maximum absolute atomic E-state index is 12.9. The summed E-state index contributed by atoms with van der Waals surface area (Å²) >= 11 is 0. The number of nitrogens with one attached hydrogen (secondary N) is 1. The largest absolute Gasteiger partial charge is 0.340 e. The molecule has 2 aromatic rings. The van der Waals surface area contributed by atoms with Crippen molar-refractivity contribution in [2.24, 2.45) is 0 Å². The molecule has 27 heavy (non-hydrogen) atoms. The van der Waals surface area contributed by atoms with E-state index >= 15 is 0 Å². The van der Waals surface area contributed by atoms with E-state index in [4.69, 9.17) is 0 Å². The summed E-state index contributed by atoms with van der Waals surface area (Å²) in [5, 5.41) is 3.33. The minimum absolute atomic E-state index is 0.0417. The number of para-hydroxylation sites is 1. The van der Waals surface area contributed by atoms with Gasteiger partial charge in [-0.25, -0.2) is 9.97 Å². The standard InChI is InChI=1S/C20H25N5O2/c1-13-6-5-7-14(2)19(13)23-18-12-17(21-15(3)22-18)20(27)25-10-8-24(9-11-25)16(4)26/h5-7,12H,8-11H2,1-4H3,(H,21,22,23). The van der Waals surface area contributed by atoms with Gasteiger partial charge in [-0.15, -0.1) is 0 Å². The fraction of sp³-hybridized carbons (Fsp3) is 0.400. The van der Waals surface area contributed by atoms with Gasteiger partial charge in [0.2, 0.25) is 5.91 Å². The molecular weight excluding hydrogens is 342 g/mol. The second kappa shape index (κ2) is 7.73. The topological polar surface area (TPSA) is 78.4 Å². The van der Waals surface area contributed by atoms with E-state index in [1.807, 2.05) is 32.0 Å². The second-order valence-electron chi connectivity index (χ2n) is 6.88. The van der Waals surface area contributed by atoms with Crippen molar-refractivity contribution in [2.45, 2.75) is 27.7 Å². The lowest BCUT2D eigenvalue weighted by Crippen LogP contribution is -2.50. The lowest BCUT2D eigenvalue weighted by molar-refractivity contribution is -0.130. The van der Waals surface area contributed by atoms with Crippen LogP contribution in [0.4, 0.5) is 11.5 Å². The molecule has 7 nitrogen and oxygen atoms in total. The van der Waals surface area contributed by atoms with Crippen LogP contribution < -0.4 is 5.32 Å². The maximum Gasteiger partial charge on any atom is 0.272 e. The van der Waals surface area contributed by atoms with Crippen LogP contribution >= 0.6 is 0 Å². The number of aryl methyl sites for hydroxylation is 3. The van der Waals surface area contributed by atoms with Crippen molar-refractivity contribution >= 4 is 23.3 Å². The Kier molecular flexibility index (Phi) is 5.39. The van der Waals surface area contributed by atoms with Gasteiger partial charge < -0.3 is 15.1 Å². The first-order valence-corrected chi connectivity index (χ1v) is 9.09. The molecule has 0 spiro atoms. The number of benzene rings is 1. The first-order chi connectivity index (χ1) is 12.8. The van der Waals surface area contributed by atoms with E-state index in [0.717, 1.165) is 16.8 Å². The predicted octanol–water partition coefficient (Wildman–Crippen LogP) is 2.45. The number of hydrogen-bond donors (Lipinski definition) is 1. The molecule has 0 unspecified atom stereocenters. The van der Waals surface area contributed by atoms with Crippen molar-refractivity contribution in [3.05, 3.63) is 46.9 Å². The van der Waals surface area contributed by atoms with E-state index in [1.54, 1.807) is 29.7 Å². The number of nitrogens with zero attached hydrogens (tertiary/aromatic N) is 4. The molecule has 1 aliphatic heterocycles. The zero-order chi connectivity index (χ0) is 19.6. The molecule has 0 bridgehead atoms. The number of rotatable bonds is 3. The lowest BCUT2D eigenvalue weighted by atomic mass is 10.1. The SMILES string of the molecule is CC(=O)N1CCN(C(=O)c2cc(Nc3c(C)cccc3C)nc(C)n2)CC1. The highest BCUT2D eigenvalue weighted by Crippen LogP contribution is 2.24. The van der Waals surface area contributed by atoms with Crippen LogP contribution in [0.5, 0.6) is 0 Å². The van der Waals surface area contributed by atoms with Gasteiger partial charge in [-0.2, -0.15) is 0 Å². The van der Waals surface area contributed by atoms with Crippen molar-refractivity contribution in [1.82, 2.24) is 19.8 Å². The Labute approximate surface area is 159 Å². The van der Waals surface area contributed by atoms with Gasteiger partial charge in [0.25, 0.3) is 5.91 Å². The van der Waals surface area contributed by atoms with E-state index < -0.39 is 0 Å². The number of carbonyl (C=O) groups excluding carboxylic acids is 2. The number of aromatic nitrogens is 2. The summed E-state index contributed by atoms with van der Waals surface area (Å²) in [7, 11) is 0. The number of amides is 2. The van der Waals surface area contributed by atoms with Crippen molar-refractivity contribution in [3.63, 3.8) is 0 Å². The summed E-state index contributed by atoms with van der Waals surface area (Å²) in [5.74, 6) is 1.05. The maximum atomic E-state index is 12.9. The molecule has 1 aromatic heterocycles. The van der Waals surface area contributed by atoms with E-state index in [9.17, 15) is 9.59 Å². The molecule has 2 heterocycles. The predicted molar refractivity (Wildman–Crippen MR) is 104 cm³/mol. The average Bonchev–Trinajstić information content (AvgIpc) is 2.64. The molecule has 7 heteroatoms. The summed E-state index contributed by atoms with van der Waals surface area (Å²) in [6, 6.07) is 7.77. The van der Waals surface area contributed by atoms with E-state index in [-0.39, 0.29) is 11.8 Å². The van der Waals surface area contributed by atoms with Crippen LogP contribution in [0.3, 0.4) is 0 Å². The summed E-state index contributed by atoms with van der Waals surface area (Å²) in [6.45, 7) is 9.53. The Bertz CT molecular complexity index is 852. The zero-order valence-corrected chi connectivity index (χ0v) is 16.2. The molecule has 2 amide bonds. The van der Waals surface area contributed by atoms with Gasteiger partial charge in [0, 0.05) is 44.9 Å². The first kappa shape index (κ1) is 18.8. The molecule has 3 rings (SSSR count). The Morgan fingerprint density at radius 1 is 0.963 bits per heavy atom. The summed E-state index contributed by atoms with van der Waals surface area (Å²) in [4.78, 5) is 36.6. The zero-order valence-electron chi connectivity index (χ0n) is 16.2. The molecule has 0 radical (unpaired) electrons. The van der Waals surface area contributed by atoms with Gasteiger partial charge in [-0.3, -0.25) is 9.59 Å². The Morgan fingerprint density at radius 3 is 2.15 bits per heavy atom. The average molecular weight is 367 g/mol. The van der Waals surface area contributed by atoms with Crippen LogP contribution in [-0.4, -0.2) is 57.8 Å². The highest BCUT2D eigenvalue weighted by atomic mass is 16.2. The molecule has 0 atom stereocenters. The Hall–Kier alpha value is -2.96. The van der Waals surface area contributed by atoms with Gasteiger partial charge in [-0.05, 0) is 31.9 Å². The van der Waals surface area contributed by atoms with Gasteiger partial charge in [0.05, 0.1) is 0 Å². The molecule has 1 saturated heterocycles. The van der Waals surface area contributed by atoms with Crippen LogP contribution in [0.25, 0.3) is 0 Å². The first-order valence-electron chi connectivity index (χ1n) is 9.09. The number of anilines is 2.